The van der Waals surface area contributed by atoms with Crippen LogP contribution in [0.3, 0.4) is 0 Å². The van der Waals surface area contributed by atoms with Gasteiger partial charge in [0.25, 0.3) is 0 Å². The van der Waals surface area contributed by atoms with Crippen LogP contribution in [0.5, 0.6) is 0 Å². The topological polar surface area (TPSA) is 55.9 Å². The molecule has 0 saturated heterocycles. The molecule has 3 N–H and O–H groups in total. The number of aromatic nitrogens is 2. The molecule has 2 aromatic rings. The van der Waals surface area contributed by atoms with Gasteiger partial charge in [-0.15, -0.1) is 0 Å². The summed E-state index contributed by atoms with van der Waals surface area (Å²) in [5, 5.41) is 5.18. The highest BCUT2D eigenvalue weighted by atomic mass is 35.5. The molecule has 0 aliphatic heterocycles. The normalized spacial score (nSPS) is 12.6. The van der Waals surface area contributed by atoms with Crippen LogP contribution in [0.4, 0.5) is 0 Å². The molecule has 0 amide bonds. The SMILES string of the molecule is CCc1cc(CC(NN)c2ccc(Cl)cc2)n(C)n1. The van der Waals surface area contributed by atoms with Crippen molar-refractivity contribution in [1.82, 2.24) is 15.2 Å². The summed E-state index contributed by atoms with van der Waals surface area (Å²) in [5.74, 6) is 5.67. The van der Waals surface area contributed by atoms with Crippen molar-refractivity contribution >= 4 is 11.6 Å². The maximum atomic E-state index is 5.90. The van der Waals surface area contributed by atoms with E-state index in [0.29, 0.717) is 0 Å². The van der Waals surface area contributed by atoms with E-state index in [9.17, 15) is 0 Å². The second kappa shape index (κ2) is 6.19. The van der Waals surface area contributed by atoms with E-state index >= 15 is 0 Å². The van der Waals surface area contributed by atoms with E-state index in [2.05, 4.69) is 23.5 Å². The predicted octanol–water partition coefficient (Wildman–Crippen LogP) is 2.38. The average Bonchev–Trinajstić information content (AvgIpc) is 2.78. The summed E-state index contributed by atoms with van der Waals surface area (Å²) < 4.78 is 1.92. The second-order valence-electron chi connectivity index (χ2n) is 4.58. The lowest BCUT2D eigenvalue weighted by Gasteiger charge is -2.16. The van der Waals surface area contributed by atoms with Gasteiger partial charge in [0, 0.05) is 24.2 Å². The summed E-state index contributed by atoms with van der Waals surface area (Å²) >= 11 is 5.90. The highest BCUT2D eigenvalue weighted by molar-refractivity contribution is 6.30. The van der Waals surface area contributed by atoms with E-state index in [-0.39, 0.29) is 6.04 Å². The van der Waals surface area contributed by atoms with Gasteiger partial charge in [0.1, 0.15) is 0 Å². The first-order valence-electron chi connectivity index (χ1n) is 6.37. The number of benzene rings is 1. The van der Waals surface area contributed by atoms with Crippen LogP contribution in [-0.2, 0) is 19.9 Å². The first kappa shape index (κ1) is 14.1. The predicted molar refractivity (Wildman–Crippen MR) is 77.8 cm³/mol. The highest BCUT2D eigenvalue weighted by Gasteiger charge is 2.13. The fourth-order valence-corrected chi connectivity index (χ4v) is 2.24. The number of hydrazine groups is 1. The van der Waals surface area contributed by atoms with Gasteiger partial charge >= 0.3 is 0 Å². The maximum absolute atomic E-state index is 5.90. The van der Waals surface area contributed by atoms with Gasteiger partial charge in [-0.2, -0.15) is 5.10 Å². The molecule has 1 atom stereocenters. The molecule has 1 aromatic heterocycles. The van der Waals surface area contributed by atoms with E-state index < -0.39 is 0 Å². The quantitative estimate of drug-likeness (QED) is 0.652. The second-order valence-corrected chi connectivity index (χ2v) is 5.02. The van der Waals surface area contributed by atoms with Crippen molar-refractivity contribution in [3.05, 3.63) is 52.3 Å². The Morgan fingerprint density at radius 1 is 1.37 bits per heavy atom. The zero-order valence-corrected chi connectivity index (χ0v) is 12.0. The molecule has 1 unspecified atom stereocenters. The zero-order valence-electron chi connectivity index (χ0n) is 11.2. The summed E-state index contributed by atoms with van der Waals surface area (Å²) in [6.07, 6.45) is 1.73. The van der Waals surface area contributed by atoms with Gasteiger partial charge in [0.15, 0.2) is 0 Å². The fourth-order valence-electron chi connectivity index (χ4n) is 2.11. The Kier molecular flexibility index (Phi) is 4.58. The van der Waals surface area contributed by atoms with E-state index in [0.717, 1.165) is 34.8 Å². The van der Waals surface area contributed by atoms with Gasteiger partial charge in [-0.1, -0.05) is 30.7 Å². The van der Waals surface area contributed by atoms with Crippen molar-refractivity contribution in [2.45, 2.75) is 25.8 Å². The standard InChI is InChI=1S/C14H19ClN4/c1-3-12-8-13(19(2)18-12)9-14(17-16)10-4-6-11(15)7-5-10/h4-8,14,17H,3,9,16H2,1-2H3. The average molecular weight is 279 g/mol. The molecule has 102 valence electrons. The van der Waals surface area contributed by atoms with Crippen LogP contribution in [-0.4, -0.2) is 9.78 Å². The van der Waals surface area contributed by atoms with Crippen molar-refractivity contribution < 1.29 is 0 Å². The Morgan fingerprint density at radius 2 is 2.05 bits per heavy atom. The molecule has 4 nitrogen and oxygen atoms in total. The Bertz CT molecular complexity index is 533. The number of nitrogens with two attached hydrogens (primary N) is 1. The van der Waals surface area contributed by atoms with Crippen molar-refractivity contribution in [2.24, 2.45) is 12.9 Å². The molecule has 1 heterocycles. The van der Waals surface area contributed by atoms with Crippen LogP contribution >= 0.6 is 11.6 Å². The van der Waals surface area contributed by atoms with Gasteiger partial charge in [-0.25, -0.2) is 0 Å². The lowest BCUT2D eigenvalue weighted by Crippen LogP contribution is -2.30. The Balaban J connectivity index is 2.18. The number of nitrogens with zero attached hydrogens (tertiary/aromatic N) is 2. The molecule has 0 spiro atoms. The number of halogens is 1. The van der Waals surface area contributed by atoms with E-state index in [1.54, 1.807) is 0 Å². The molecule has 0 radical (unpaired) electrons. The third kappa shape index (κ3) is 3.35. The van der Waals surface area contributed by atoms with Crippen LogP contribution < -0.4 is 11.3 Å². The smallest absolute Gasteiger partial charge is 0.0624 e. The third-order valence-electron chi connectivity index (χ3n) is 3.28. The Labute approximate surface area is 118 Å². The van der Waals surface area contributed by atoms with Crippen molar-refractivity contribution in [1.29, 1.82) is 0 Å². The monoisotopic (exact) mass is 278 g/mol. The van der Waals surface area contributed by atoms with Crippen molar-refractivity contribution in [3.63, 3.8) is 0 Å². The maximum Gasteiger partial charge on any atom is 0.0624 e. The molecule has 0 fully saturated rings. The first-order valence-corrected chi connectivity index (χ1v) is 6.75. The number of rotatable bonds is 5. The highest BCUT2D eigenvalue weighted by Crippen LogP contribution is 2.20. The third-order valence-corrected chi connectivity index (χ3v) is 3.53. The van der Waals surface area contributed by atoms with Gasteiger partial charge in [-0.05, 0) is 30.2 Å². The number of hydrogen-bond acceptors (Lipinski definition) is 3. The summed E-state index contributed by atoms with van der Waals surface area (Å²) in [4.78, 5) is 0. The Hall–Kier alpha value is -1.36. The molecule has 0 aliphatic rings. The van der Waals surface area contributed by atoms with Crippen LogP contribution in [0.25, 0.3) is 0 Å². The van der Waals surface area contributed by atoms with Gasteiger partial charge in [0.2, 0.25) is 0 Å². The largest absolute Gasteiger partial charge is 0.272 e. The summed E-state index contributed by atoms with van der Waals surface area (Å²) in [5.41, 5.74) is 6.24. The molecule has 2 rings (SSSR count). The van der Waals surface area contributed by atoms with Gasteiger partial charge < -0.3 is 0 Å². The lowest BCUT2D eigenvalue weighted by atomic mass is 10.0. The summed E-state index contributed by atoms with van der Waals surface area (Å²) in [7, 11) is 1.96. The first-order chi connectivity index (χ1) is 9.13. The Morgan fingerprint density at radius 3 is 2.58 bits per heavy atom. The molecule has 0 aliphatic carbocycles. The summed E-state index contributed by atoms with van der Waals surface area (Å²) in [6.45, 7) is 2.10. The fraction of sp³-hybridized carbons (Fsp3) is 0.357. The molecular formula is C14H19ClN4. The zero-order chi connectivity index (χ0) is 13.8. The van der Waals surface area contributed by atoms with Crippen LogP contribution in [0.15, 0.2) is 30.3 Å². The van der Waals surface area contributed by atoms with Crippen molar-refractivity contribution in [3.8, 4) is 0 Å². The molecule has 5 heteroatoms. The molecule has 1 aromatic carbocycles. The molecule has 19 heavy (non-hydrogen) atoms. The minimum Gasteiger partial charge on any atom is -0.272 e. The van der Waals surface area contributed by atoms with E-state index in [1.165, 1.54) is 0 Å². The molecular weight excluding hydrogens is 260 g/mol. The molecule has 0 saturated carbocycles. The molecule has 0 bridgehead atoms. The van der Waals surface area contributed by atoms with Crippen LogP contribution in [0.1, 0.15) is 29.9 Å². The van der Waals surface area contributed by atoms with Crippen molar-refractivity contribution in [2.75, 3.05) is 0 Å². The minimum absolute atomic E-state index is 0.0531. The number of aryl methyl sites for hydroxylation is 2. The van der Waals surface area contributed by atoms with Gasteiger partial charge in [-0.3, -0.25) is 16.0 Å². The van der Waals surface area contributed by atoms with E-state index in [4.69, 9.17) is 17.4 Å². The summed E-state index contributed by atoms with van der Waals surface area (Å²) in [6, 6.07) is 9.91. The van der Waals surface area contributed by atoms with Gasteiger partial charge in [0.05, 0.1) is 11.7 Å². The minimum atomic E-state index is 0.0531. The number of nitrogens with one attached hydrogen (secondary N) is 1. The van der Waals surface area contributed by atoms with E-state index in [1.807, 2.05) is 36.0 Å². The van der Waals surface area contributed by atoms with Crippen LogP contribution in [0, 0.1) is 0 Å². The lowest BCUT2D eigenvalue weighted by molar-refractivity contribution is 0.530. The van der Waals surface area contributed by atoms with Crippen LogP contribution in [0.2, 0.25) is 5.02 Å². The number of hydrogen-bond donors (Lipinski definition) is 2.